The van der Waals surface area contributed by atoms with E-state index in [0.717, 1.165) is 88.7 Å². The van der Waals surface area contributed by atoms with Gasteiger partial charge in [0.15, 0.2) is 0 Å². The Morgan fingerprint density at radius 3 is 0.841 bits per heavy atom. The van der Waals surface area contributed by atoms with Crippen molar-refractivity contribution in [2.24, 2.45) is 0 Å². The van der Waals surface area contributed by atoms with Crippen LogP contribution in [0.5, 0.6) is 0 Å². The third-order valence-electron chi connectivity index (χ3n) is 23.6. The normalized spacial score (nSPS) is 10.6. The summed E-state index contributed by atoms with van der Waals surface area (Å²) in [6, 6.07) is 171. The van der Waals surface area contributed by atoms with Crippen molar-refractivity contribution in [3.05, 3.63) is 508 Å². The molecule has 0 N–H and O–H groups in total. The third kappa shape index (κ3) is 21.8. The standard InChI is InChI=1S/2C39H26N.2C23H18N.4Ir/c1-3-11-28(12-4-1)35-25-36(29-13-5-2-6-14-29)27-37(26-35)33-18-9-16-31(23-33)32-17-10-19-34(24-32)39-38-20-8-7-15-30(38)21-22-40-39;1-3-11-28(12-4-1)35-25-36(29-13-5-2-6-14-29)27-37(26-35)33-18-9-16-31(23-33)32-17-10-19-34(24-32)39-22-21-30-15-7-8-20-38(30)40-39;1-16-10-11-17(2)21(14-16)19-7-5-8-20(15-19)23-13-12-18-6-3-4-9-22(18)24-23;1-16-10-11-17(2)22(14-16)19-7-5-8-20(15-19)23-21-9-4-3-6-18(21)12-13-24-23;;;;/h2*1-18,20-27H;2*3-7,9-15H,1-2H3;;;;/q4*-1;;;;. The summed E-state index contributed by atoms with van der Waals surface area (Å²) in [5, 5.41) is 6.98. The number of pyridine rings is 4. The molecule has 0 fully saturated rings. The van der Waals surface area contributed by atoms with E-state index in [2.05, 4.69) is 445 Å². The van der Waals surface area contributed by atoms with E-state index in [1.165, 1.54) is 133 Å². The number of fused-ring (bicyclic) bond motifs is 4. The van der Waals surface area contributed by atoms with Crippen molar-refractivity contribution < 1.29 is 80.4 Å². The van der Waals surface area contributed by atoms with E-state index >= 15 is 0 Å². The molecular formula is C124H88Ir4N4-4. The van der Waals surface area contributed by atoms with Gasteiger partial charge in [0.05, 0.1) is 11.0 Å². The maximum absolute atomic E-state index is 4.89. The number of aromatic nitrogens is 4. The Bertz CT molecular complexity index is 7620. The molecule has 22 aromatic rings. The molecule has 0 aliphatic carbocycles. The van der Waals surface area contributed by atoms with Crippen LogP contribution in [0.15, 0.2) is 461 Å². The van der Waals surface area contributed by atoms with Gasteiger partial charge in [0.1, 0.15) is 0 Å². The smallest absolute Gasteiger partial charge is 0.0595 e. The summed E-state index contributed by atoms with van der Waals surface area (Å²) in [6.07, 6.45) is 3.75. The van der Waals surface area contributed by atoms with Crippen molar-refractivity contribution in [1.29, 1.82) is 0 Å². The van der Waals surface area contributed by atoms with Gasteiger partial charge in [-0.3, -0.25) is 9.97 Å². The molecule has 0 spiro atoms. The maximum atomic E-state index is 4.89. The van der Waals surface area contributed by atoms with Crippen LogP contribution < -0.4 is 0 Å². The first-order valence-electron chi connectivity index (χ1n) is 43.4. The van der Waals surface area contributed by atoms with E-state index in [9.17, 15) is 0 Å². The SMILES string of the molecule is Cc1ccc(C)c(-c2cc[c-]c(-c3ccc4ccccc4n3)c2)c1.Cc1ccc(C)c(-c2cc[c-]c(-c3nccc4ccccc34)c2)c1.[Ir].[Ir].[Ir].[Ir].[c-]1ccc(-c2cccc(-c3cc(-c4ccccc4)cc(-c4ccccc4)c3)c2)cc1-c1ccc2ccccc2n1.[c-]1ccc(-c2cccc(-c3cc(-c4ccccc4)cc(-c4ccccc4)c3)c2)cc1-c1nccc2ccccc12. The van der Waals surface area contributed by atoms with Crippen LogP contribution in [0.1, 0.15) is 22.3 Å². The van der Waals surface area contributed by atoms with Gasteiger partial charge in [0.2, 0.25) is 0 Å². The van der Waals surface area contributed by atoms with Gasteiger partial charge in [-0.2, -0.15) is 0 Å². The first-order chi connectivity index (χ1) is 63.0. The number of nitrogens with zero attached hydrogens (tertiary/aromatic N) is 4. The minimum Gasteiger partial charge on any atom is -0.304 e. The molecule has 0 atom stereocenters. The average molecular weight is 2400 g/mol. The predicted molar refractivity (Wildman–Crippen MR) is 537 cm³/mol. The van der Waals surface area contributed by atoms with Crippen molar-refractivity contribution >= 4 is 43.4 Å². The van der Waals surface area contributed by atoms with Gasteiger partial charge in [-0.1, -0.05) is 314 Å². The fourth-order valence-electron chi connectivity index (χ4n) is 16.9. The van der Waals surface area contributed by atoms with Crippen molar-refractivity contribution in [1.82, 2.24) is 19.9 Å². The van der Waals surface area contributed by atoms with Crippen molar-refractivity contribution in [3.63, 3.8) is 0 Å². The molecule has 4 radical (unpaired) electrons. The van der Waals surface area contributed by atoms with Gasteiger partial charge in [-0.05, 0) is 256 Å². The number of para-hydroxylation sites is 2. The van der Waals surface area contributed by atoms with Crippen LogP contribution in [0.25, 0.3) is 200 Å². The van der Waals surface area contributed by atoms with E-state index in [0.29, 0.717) is 0 Å². The Labute approximate surface area is 827 Å². The summed E-state index contributed by atoms with van der Waals surface area (Å²) in [5.74, 6) is 0. The van der Waals surface area contributed by atoms with E-state index in [4.69, 9.17) is 15.0 Å². The van der Waals surface area contributed by atoms with Gasteiger partial charge in [-0.25, -0.2) is 0 Å². The number of hydrogen-bond acceptors (Lipinski definition) is 4. The Hall–Kier alpha value is -13.8. The van der Waals surface area contributed by atoms with Crippen LogP contribution >= 0.6 is 0 Å². The minimum absolute atomic E-state index is 0. The van der Waals surface area contributed by atoms with Gasteiger partial charge in [0.25, 0.3) is 0 Å². The molecule has 4 aromatic heterocycles. The molecule has 22 rings (SSSR count). The summed E-state index contributed by atoms with van der Waals surface area (Å²) in [6.45, 7) is 8.57. The molecule has 0 unspecified atom stereocenters. The van der Waals surface area contributed by atoms with Crippen LogP contribution in [0.2, 0.25) is 0 Å². The summed E-state index contributed by atoms with van der Waals surface area (Å²) in [7, 11) is 0. The molecular weight excluding hydrogens is 2310 g/mol. The van der Waals surface area contributed by atoms with Crippen LogP contribution in [-0.4, -0.2) is 19.9 Å². The zero-order valence-corrected chi connectivity index (χ0v) is 82.6. The fraction of sp³-hybridized carbons (Fsp3) is 0.0323. The Balaban J connectivity index is 0.000000137. The molecule has 0 aliphatic rings. The first-order valence-corrected chi connectivity index (χ1v) is 43.4. The molecule has 0 bridgehead atoms. The van der Waals surface area contributed by atoms with E-state index in [1.807, 2.05) is 73.1 Å². The molecule has 132 heavy (non-hydrogen) atoms. The third-order valence-corrected chi connectivity index (χ3v) is 23.6. The second kappa shape index (κ2) is 43.7. The summed E-state index contributed by atoms with van der Waals surface area (Å²) < 4.78 is 0. The minimum atomic E-state index is 0. The number of benzene rings is 18. The van der Waals surface area contributed by atoms with E-state index in [-0.39, 0.29) is 80.4 Å². The van der Waals surface area contributed by atoms with Gasteiger partial charge >= 0.3 is 0 Å². The summed E-state index contributed by atoms with van der Waals surface area (Å²) >= 11 is 0. The zero-order chi connectivity index (χ0) is 86.5. The quantitative estimate of drug-likeness (QED) is 0.102. The predicted octanol–water partition coefficient (Wildman–Crippen LogP) is 32.7. The van der Waals surface area contributed by atoms with Gasteiger partial charge < -0.3 is 9.97 Å². The second-order valence-corrected chi connectivity index (χ2v) is 32.4. The number of aryl methyl sites for hydroxylation is 4. The molecule has 0 amide bonds. The first kappa shape index (κ1) is 92.9. The Morgan fingerprint density at radius 2 is 0.462 bits per heavy atom. The molecule has 644 valence electrons. The molecule has 0 saturated heterocycles. The van der Waals surface area contributed by atoms with Crippen molar-refractivity contribution in [2.75, 3.05) is 0 Å². The van der Waals surface area contributed by atoms with Gasteiger partial charge in [0, 0.05) is 92.8 Å². The largest absolute Gasteiger partial charge is 0.304 e. The van der Waals surface area contributed by atoms with Crippen LogP contribution in [-0.2, 0) is 80.4 Å². The summed E-state index contributed by atoms with van der Waals surface area (Å²) in [4.78, 5) is 19.0. The number of hydrogen-bond donors (Lipinski definition) is 0. The molecule has 8 heteroatoms. The average Bonchev–Trinajstić information content (AvgIpc) is 0.798. The van der Waals surface area contributed by atoms with E-state index in [1.54, 1.807) is 0 Å². The van der Waals surface area contributed by atoms with Crippen LogP contribution in [0, 0.1) is 52.0 Å². The molecule has 0 aliphatic heterocycles. The zero-order valence-electron chi connectivity index (χ0n) is 73.0. The van der Waals surface area contributed by atoms with Crippen molar-refractivity contribution in [2.45, 2.75) is 27.7 Å². The van der Waals surface area contributed by atoms with E-state index < -0.39 is 0 Å². The fourth-order valence-corrected chi connectivity index (χ4v) is 16.9. The van der Waals surface area contributed by atoms with Crippen LogP contribution in [0.3, 0.4) is 0 Å². The summed E-state index contributed by atoms with van der Waals surface area (Å²) in [5.41, 5.74) is 39.0. The number of rotatable bonds is 14. The van der Waals surface area contributed by atoms with Crippen LogP contribution in [0.4, 0.5) is 0 Å². The van der Waals surface area contributed by atoms with Crippen molar-refractivity contribution in [3.8, 4) is 156 Å². The maximum Gasteiger partial charge on any atom is 0.0595 e. The Kier molecular flexibility index (Phi) is 30.8. The molecule has 18 aromatic carbocycles. The second-order valence-electron chi connectivity index (χ2n) is 32.4. The molecule has 4 heterocycles. The molecule has 4 nitrogen and oxygen atoms in total. The monoisotopic (exact) mass is 2400 g/mol. The molecule has 0 saturated carbocycles. The Morgan fingerprint density at radius 1 is 0.189 bits per heavy atom. The topological polar surface area (TPSA) is 51.6 Å². The van der Waals surface area contributed by atoms with Gasteiger partial charge in [-0.15, -0.1) is 142 Å².